The van der Waals surface area contributed by atoms with E-state index >= 15 is 0 Å². The number of amides is 1. The zero-order chi connectivity index (χ0) is 14.8. The number of carbonyl (C=O) groups excluding carboxylic acids is 1. The van der Waals surface area contributed by atoms with E-state index in [0.29, 0.717) is 6.54 Å². The fourth-order valence-electron chi connectivity index (χ4n) is 3.92. The molecule has 0 saturated carbocycles. The summed E-state index contributed by atoms with van der Waals surface area (Å²) < 4.78 is 5.62. The molecule has 0 aromatic rings. The SMILES string of the molecule is O=C(O)[C@@H]1[C@@H](C(=O)NCCC2=CCCCC2)[C@H]2CC[C@H]1O2. The third-order valence-electron chi connectivity index (χ3n) is 4.99. The second kappa shape index (κ2) is 6.18. The van der Waals surface area contributed by atoms with Crippen LogP contribution in [-0.4, -0.2) is 35.7 Å². The number of fused-ring (bicyclic) bond motifs is 2. The molecule has 2 saturated heterocycles. The lowest BCUT2D eigenvalue weighted by molar-refractivity contribution is -0.147. The highest BCUT2D eigenvalue weighted by Crippen LogP contribution is 2.43. The number of ether oxygens (including phenoxy) is 1. The van der Waals surface area contributed by atoms with Gasteiger partial charge in [0.1, 0.15) is 0 Å². The maximum Gasteiger partial charge on any atom is 0.310 e. The third-order valence-corrected chi connectivity index (χ3v) is 4.99. The van der Waals surface area contributed by atoms with E-state index in [2.05, 4.69) is 11.4 Å². The predicted octanol–water partition coefficient (Wildman–Crippen LogP) is 1.87. The molecule has 5 heteroatoms. The van der Waals surface area contributed by atoms with E-state index in [1.54, 1.807) is 0 Å². The zero-order valence-electron chi connectivity index (χ0n) is 12.2. The molecule has 4 atom stereocenters. The van der Waals surface area contributed by atoms with Gasteiger partial charge in [-0.1, -0.05) is 11.6 Å². The molecule has 2 fully saturated rings. The Labute approximate surface area is 124 Å². The van der Waals surface area contributed by atoms with E-state index in [1.807, 2.05) is 0 Å². The Balaban J connectivity index is 1.52. The molecule has 2 heterocycles. The van der Waals surface area contributed by atoms with Crippen LogP contribution in [0.5, 0.6) is 0 Å². The van der Waals surface area contributed by atoms with Crippen LogP contribution in [-0.2, 0) is 14.3 Å². The Morgan fingerprint density at radius 1 is 1.24 bits per heavy atom. The molecule has 1 amide bonds. The Bertz CT molecular complexity index is 459. The molecule has 0 unspecified atom stereocenters. The summed E-state index contributed by atoms with van der Waals surface area (Å²) >= 11 is 0. The number of hydrogen-bond acceptors (Lipinski definition) is 3. The number of rotatable bonds is 5. The second-order valence-electron chi connectivity index (χ2n) is 6.33. The van der Waals surface area contributed by atoms with E-state index in [-0.39, 0.29) is 18.1 Å². The average molecular weight is 293 g/mol. The third kappa shape index (κ3) is 2.98. The number of aliphatic carboxylic acids is 1. The van der Waals surface area contributed by atoms with Gasteiger partial charge >= 0.3 is 5.97 Å². The van der Waals surface area contributed by atoms with E-state index in [0.717, 1.165) is 32.1 Å². The molecule has 0 aromatic heterocycles. The molecule has 0 radical (unpaired) electrons. The highest BCUT2D eigenvalue weighted by Gasteiger charge is 2.55. The van der Waals surface area contributed by atoms with Gasteiger partial charge in [0, 0.05) is 6.54 Å². The summed E-state index contributed by atoms with van der Waals surface area (Å²) in [4.78, 5) is 23.7. The van der Waals surface area contributed by atoms with Crippen LogP contribution in [0.3, 0.4) is 0 Å². The second-order valence-corrected chi connectivity index (χ2v) is 6.33. The molecule has 2 bridgehead atoms. The van der Waals surface area contributed by atoms with Crippen molar-refractivity contribution in [2.45, 2.75) is 57.2 Å². The number of carboxylic acids is 1. The first kappa shape index (κ1) is 14.6. The number of allylic oxidation sites excluding steroid dienone is 1. The fourth-order valence-corrected chi connectivity index (χ4v) is 3.92. The van der Waals surface area contributed by atoms with Crippen LogP contribution >= 0.6 is 0 Å². The Morgan fingerprint density at radius 3 is 2.67 bits per heavy atom. The first-order chi connectivity index (χ1) is 10.2. The first-order valence-electron chi connectivity index (χ1n) is 8.00. The summed E-state index contributed by atoms with van der Waals surface area (Å²) in [5.41, 5.74) is 1.42. The van der Waals surface area contributed by atoms with Crippen LogP contribution in [0.4, 0.5) is 0 Å². The van der Waals surface area contributed by atoms with Gasteiger partial charge in [-0.2, -0.15) is 0 Å². The lowest BCUT2D eigenvalue weighted by atomic mass is 9.78. The predicted molar refractivity (Wildman–Crippen MR) is 76.7 cm³/mol. The number of carboxylic acid groups (broad SMARTS) is 1. The van der Waals surface area contributed by atoms with Crippen molar-refractivity contribution in [3.63, 3.8) is 0 Å². The smallest absolute Gasteiger partial charge is 0.310 e. The van der Waals surface area contributed by atoms with E-state index in [4.69, 9.17) is 4.74 Å². The normalized spacial score (nSPS) is 34.6. The van der Waals surface area contributed by atoms with Crippen molar-refractivity contribution >= 4 is 11.9 Å². The van der Waals surface area contributed by atoms with E-state index in [1.165, 1.54) is 18.4 Å². The topological polar surface area (TPSA) is 75.6 Å². The summed E-state index contributed by atoms with van der Waals surface area (Å²) in [6, 6.07) is 0. The van der Waals surface area contributed by atoms with Crippen LogP contribution in [0.2, 0.25) is 0 Å². The van der Waals surface area contributed by atoms with Crippen molar-refractivity contribution in [1.29, 1.82) is 0 Å². The van der Waals surface area contributed by atoms with Crippen LogP contribution in [0.15, 0.2) is 11.6 Å². The fraction of sp³-hybridized carbons (Fsp3) is 0.750. The Morgan fingerprint density at radius 2 is 2.00 bits per heavy atom. The van der Waals surface area contributed by atoms with Crippen molar-refractivity contribution < 1.29 is 19.4 Å². The molecular weight excluding hydrogens is 270 g/mol. The molecule has 0 aromatic carbocycles. The van der Waals surface area contributed by atoms with Crippen molar-refractivity contribution in [3.05, 3.63) is 11.6 Å². The van der Waals surface area contributed by atoms with Crippen LogP contribution in [0.1, 0.15) is 44.9 Å². The van der Waals surface area contributed by atoms with Gasteiger partial charge in [0.15, 0.2) is 0 Å². The molecule has 0 spiro atoms. The van der Waals surface area contributed by atoms with E-state index in [9.17, 15) is 14.7 Å². The Hall–Kier alpha value is -1.36. The van der Waals surface area contributed by atoms with Crippen molar-refractivity contribution in [2.75, 3.05) is 6.54 Å². The van der Waals surface area contributed by atoms with Gasteiger partial charge in [-0.05, 0) is 44.9 Å². The maximum atomic E-state index is 12.3. The minimum absolute atomic E-state index is 0.147. The van der Waals surface area contributed by atoms with Crippen LogP contribution < -0.4 is 5.32 Å². The van der Waals surface area contributed by atoms with Crippen LogP contribution in [0.25, 0.3) is 0 Å². The summed E-state index contributed by atoms with van der Waals surface area (Å²) in [6.45, 7) is 0.602. The molecule has 5 nitrogen and oxygen atoms in total. The Kier molecular flexibility index (Phi) is 4.29. The van der Waals surface area contributed by atoms with E-state index < -0.39 is 17.8 Å². The molecule has 3 rings (SSSR count). The van der Waals surface area contributed by atoms with Gasteiger partial charge in [0.05, 0.1) is 24.0 Å². The molecule has 1 aliphatic carbocycles. The summed E-state index contributed by atoms with van der Waals surface area (Å²) in [6.07, 6.45) is 9.02. The molecule has 2 N–H and O–H groups in total. The molecular formula is C16H23NO4. The highest BCUT2D eigenvalue weighted by molar-refractivity contribution is 5.86. The molecule has 21 heavy (non-hydrogen) atoms. The van der Waals surface area contributed by atoms with Crippen molar-refractivity contribution in [2.24, 2.45) is 11.8 Å². The van der Waals surface area contributed by atoms with Gasteiger partial charge in [-0.3, -0.25) is 9.59 Å². The summed E-state index contributed by atoms with van der Waals surface area (Å²) in [5.74, 6) is -2.23. The summed E-state index contributed by atoms with van der Waals surface area (Å²) in [5, 5.41) is 12.2. The molecule has 2 aliphatic heterocycles. The van der Waals surface area contributed by atoms with Gasteiger partial charge in [0.25, 0.3) is 0 Å². The quantitative estimate of drug-likeness (QED) is 0.759. The maximum absolute atomic E-state index is 12.3. The minimum Gasteiger partial charge on any atom is -0.481 e. The van der Waals surface area contributed by atoms with Gasteiger partial charge < -0.3 is 15.2 Å². The first-order valence-corrected chi connectivity index (χ1v) is 8.00. The minimum atomic E-state index is -0.905. The molecule has 3 aliphatic rings. The average Bonchev–Trinajstić information content (AvgIpc) is 3.08. The van der Waals surface area contributed by atoms with Gasteiger partial charge in [-0.25, -0.2) is 0 Å². The highest BCUT2D eigenvalue weighted by atomic mass is 16.5. The molecule has 116 valence electrons. The monoisotopic (exact) mass is 293 g/mol. The lowest BCUT2D eigenvalue weighted by Gasteiger charge is -2.24. The summed E-state index contributed by atoms with van der Waals surface area (Å²) in [7, 11) is 0. The van der Waals surface area contributed by atoms with Crippen molar-refractivity contribution in [3.8, 4) is 0 Å². The van der Waals surface area contributed by atoms with Crippen LogP contribution in [0, 0.1) is 11.8 Å². The number of hydrogen-bond donors (Lipinski definition) is 2. The van der Waals surface area contributed by atoms with Gasteiger partial charge in [-0.15, -0.1) is 0 Å². The standard InChI is InChI=1S/C16H23NO4/c18-15(17-9-8-10-4-2-1-3-5-10)13-11-6-7-12(21-11)14(13)16(19)20/h4,11-14H,1-3,5-9H2,(H,17,18)(H,19,20)/t11-,12-,13+,14+/m1/s1. The largest absolute Gasteiger partial charge is 0.481 e. The lowest BCUT2D eigenvalue weighted by Crippen LogP contribution is -2.44. The number of nitrogens with one attached hydrogen (secondary N) is 1. The van der Waals surface area contributed by atoms with Crippen molar-refractivity contribution in [1.82, 2.24) is 5.32 Å². The number of carbonyl (C=O) groups is 2. The van der Waals surface area contributed by atoms with Gasteiger partial charge in [0.2, 0.25) is 5.91 Å². The zero-order valence-corrected chi connectivity index (χ0v) is 12.2.